The standard InChI is InChI=1S/C12H14N2/c1-9-11-5-3-4-10(8-13)12(11)6-7-14(9)2/h3-5,9H,6-7H2,1-2H3. The van der Waals surface area contributed by atoms with Gasteiger partial charge in [-0.05, 0) is 37.6 Å². The lowest BCUT2D eigenvalue weighted by Gasteiger charge is -2.32. The molecular weight excluding hydrogens is 172 g/mol. The van der Waals surface area contributed by atoms with Gasteiger partial charge in [0.1, 0.15) is 0 Å². The highest BCUT2D eigenvalue weighted by Gasteiger charge is 2.22. The first-order valence-corrected chi connectivity index (χ1v) is 4.96. The first-order valence-electron chi connectivity index (χ1n) is 4.96. The molecule has 2 rings (SSSR count). The van der Waals surface area contributed by atoms with Crippen molar-refractivity contribution in [1.82, 2.24) is 4.90 Å². The number of nitriles is 1. The summed E-state index contributed by atoms with van der Waals surface area (Å²) in [5.74, 6) is 0. The van der Waals surface area contributed by atoms with Crippen molar-refractivity contribution in [3.05, 3.63) is 34.9 Å². The van der Waals surface area contributed by atoms with E-state index in [9.17, 15) is 0 Å². The van der Waals surface area contributed by atoms with Crippen molar-refractivity contribution >= 4 is 0 Å². The third kappa shape index (κ3) is 1.30. The summed E-state index contributed by atoms with van der Waals surface area (Å²) in [4.78, 5) is 2.32. The second-order valence-corrected chi connectivity index (χ2v) is 3.89. The van der Waals surface area contributed by atoms with Gasteiger partial charge in [-0.1, -0.05) is 12.1 Å². The van der Waals surface area contributed by atoms with E-state index in [1.54, 1.807) is 0 Å². The molecular formula is C12H14N2. The molecule has 0 radical (unpaired) electrons. The lowest BCUT2D eigenvalue weighted by molar-refractivity contribution is 0.247. The van der Waals surface area contributed by atoms with Crippen LogP contribution in [0.1, 0.15) is 29.7 Å². The summed E-state index contributed by atoms with van der Waals surface area (Å²) in [6, 6.07) is 8.74. The summed E-state index contributed by atoms with van der Waals surface area (Å²) in [6.07, 6.45) is 1.000. The summed E-state index contributed by atoms with van der Waals surface area (Å²) in [6.45, 7) is 3.24. The van der Waals surface area contributed by atoms with E-state index >= 15 is 0 Å². The minimum atomic E-state index is 0.437. The van der Waals surface area contributed by atoms with Crippen LogP contribution in [0.15, 0.2) is 18.2 Å². The van der Waals surface area contributed by atoms with Gasteiger partial charge in [-0.25, -0.2) is 0 Å². The van der Waals surface area contributed by atoms with E-state index in [0.29, 0.717) is 6.04 Å². The molecule has 14 heavy (non-hydrogen) atoms. The van der Waals surface area contributed by atoms with Crippen LogP contribution in [0.4, 0.5) is 0 Å². The van der Waals surface area contributed by atoms with Crippen LogP contribution in [0.5, 0.6) is 0 Å². The molecule has 0 amide bonds. The highest BCUT2D eigenvalue weighted by Crippen LogP contribution is 2.29. The zero-order chi connectivity index (χ0) is 10.1. The van der Waals surface area contributed by atoms with Crippen molar-refractivity contribution in [3.8, 4) is 6.07 Å². The molecule has 1 aliphatic rings. The topological polar surface area (TPSA) is 27.0 Å². The van der Waals surface area contributed by atoms with Crippen molar-refractivity contribution in [3.63, 3.8) is 0 Å². The molecule has 1 atom stereocenters. The molecule has 0 N–H and O–H groups in total. The molecule has 0 saturated heterocycles. The van der Waals surface area contributed by atoms with Crippen molar-refractivity contribution in [2.75, 3.05) is 13.6 Å². The highest BCUT2D eigenvalue weighted by molar-refractivity contribution is 5.45. The molecule has 2 heteroatoms. The minimum Gasteiger partial charge on any atom is -0.299 e. The Morgan fingerprint density at radius 3 is 3.00 bits per heavy atom. The van der Waals surface area contributed by atoms with E-state index in [4.69, 9.17) is 5.26 Å². The molecule has 1 aromatic carbocycles. The summed E-state index contributed by atoms with van der Waals surface area (Å²) < 4.78 is 0. The number of likely N-dealkylation sites (N-methyl/N-ethyl adjacent to an activating group) is 1. The second kappa shape index (κ2) is 3.43. The molecule has 1 aromatic rings. The van der Waals surface area contributed by atoms with E-state index in [-0.39, 0.29) is 0 Å². The lowest BCUT2D eigenvalue weighted by atomic mass is 9.90. The predicted octanol–water partition coefficient (Wildman–Crippen LogP) is 2.11. The Morgan fingerprint density at radius 2 is 2.29 bits per heavy atom. The maximum Gasteiger partial charge on any atom is 0.0994 e. The van der Waals surface area contributed by atoms with Gasteiger partial charge in [0, 0.05) is 12.6 Å². The predicted molar refractivity (Wildman–Crippen MR) is 55.9 cm³/mol. The van der Waals surface area contributed by atoms with E-state index in [2.05, 4.69) is 31.0 Å². The van der Waals surface area contributed by atoms with Crippen molar-refractivity contribution in [2.24, 2.45) is 0 Å². The number of benzene rings is 1. The van der Waals surface area contributed by atoms with Gasteiger partial charge in [-0.2, -0.15) is 5.26 Å². The molecule has 72 valence electrons. The number of hydrogen-bond acceptors (Lipinski definition) is 2. The van der Waals surface area contributed by atoms with Gasteiger partial charge in [0.2, 0.25) is 0 Å². The minimum absolute atomic E-state index is 0.437. The largest absolute Gasteiger partial charge is 0.299 e. The third-order valence-electron chi connectivity index (χ3n) is 3.16. The molecule has 0 saturated carbocycles. The van der Waals surface area contributed by atoms with Gasteiger partial charge in [-0.15, -0.1) is 0 Å². The Kier molecular flexibility index (Phi) is 2.26. The van der Waals surface area contributed by atoms with Gasteiger partial charge in [0.25, 0.3) is 0 Å². The van der Waals surface area contributed by atoms with E-state index in [1.165, 1.54) is 11.1 Å². The highest BCUT2D eigenvalue weighted by atomic mass is 15.1. The fourth-order valence-electron chi connectivity index (χ4n) is 2.10. The fraction of sp³-hybridized carbons (Fsp3) is 0.417. The quantitative estimate of drug-likeness (QED) is 0.620. The van der Waals surface area contributed by atoms with E-state index in [0.717, 1.165) is 18.5 Å². The van der Waals surface area contributed by atoms with Crippen molar-refractivity contribution in [2.45, 2.75) is 19.4 Å². The summed E-state index contributed by atoms with van der Waals surface area (Å²) >= 11 is 0. The monoisotopic (exact) mass is 186 g/mol. The van der Waals surface area contributed by atoms with Gasteiger partial charge >= 0.3 is 0 Å². The number of hydrogen-bond donors (Lipinski definition) is 0. The average molecular weight is 186 g/mol. The molecule has 0 aromatic heterocycles. The van der Waals surface area contributed by atoms with Gasteiger partial charge in [0.05, 0.1) is 11.6 Å². The number of rotatable bonds is 0. The van der Waals surface area contributed by atoms with Gasteiger partial charge in [-0.3, -0.25) is 4.90 Å². The maximum absolute atomic E-state index is 8.98. The van der Waals surface area contributed by atoms with E-state index in [1.807, 2.05) is 12.1 Å². The maximum atomic E-state index is 8.98. The molecule has 0 fully saturated rings. The SMILES string of the molecule is CC1c2cccc(C#N)c2CCN1C. The van der Waals surface area contributed by atoms with Crippen LogP contribution in [0.25, 0.3) is 0 Å². The van der Waals surface area contributed by atoms with Crippen LogP contribution in [0.2, 0.25) is 0 Å². The van der Waals surface area contributed by atoms with Crippen LogP contribution in [0.3, 0.4) is 0 Å². The molecule has 0 spiro atoms. The normalized spacial score (nSPS) is 21.4. The van der Waals surface area contributed by atoms with Crippen LogP contribution in [-0.2, 0) is 6.42 Å². The lowest BCUT2D eigenvalue weighted by Crippen LogP contribution is -2.30. The Hall–Kier alpha value is -1.33. The van der Waals surface area contributed by atoms with Gasteiger partial charge < -0.3 is 0 Å². The zero-order valence-corrected chi connectivity index (χ0v) is 8.62. The molecule has 2 nitrogen and oxygen atoms in total. The fourth-order valence-corrected chi connectivity index (χ4v) is 2.10. The first-order chi connectivity index (χ1) is 6.74. The molecule has 1 heterocycles. The van der Waals surface area contributed by atoms with Crippen molar-refractivity contribution < 1.29 is 0 Å². The Morgan fingerprint density at radius 1 is 1.50 bits per heavy atom. The molecule has 0 bridgehead atoms. The van der Waals surface area contributed by atoms with Crippen molar-refractivity contribution in [1.29, 1.82) is 5.26 Å². The summed E-state index contributed by atoms with van der Waals surface area (Å²) in [7, 11) is 2.13. The first kappa shape index (κ1) is 9.23. The summed E-state index contributed by atoms with van der Waals surface area (Å²) in [5.41, 5.74) is 3.42. The third-order valence-corrected chi connectivity index (χ3v) is 3.16. The second-order valence-electron chi connectivity index (χ2n) is 3.89. The van der Waals surface area contributed by atoms with Crippen LogP contribution < -0.4 is 0 Å². The Bertz CT molecular complexity index is 390. The number of nitrogens with zero attached hydrogens (tertiary/aromatic N) is 2. The molecule has 1 aliphatic heterocycles. The average Bonchev–Trinajstić information content (AvgIpc) is 2.23. The Balaban J connectivity index is 2.53. The smallest absolute Gasteiger partial charge is 0.0994 e. The summed E-state index contributed by atoms with van der Waals surface area (Å²) in [5, 5.41) is 8.98. The molecule has 1 unspecified atom stereocenters. The zero-order valence-electron chi connectivity index (χ0n) is 8.62. The Labute approximate surface area is 84.8 Å². The van der Waals surface area contributed by atoms with Crippen LogP contribution in [0, 0.1) is 11.3 Å². The van der Waals surface area contributed by atoms with Gasteiger partial charge in [0.15, 0.2) is 0 Å². The number of fused-ring (bicyclic) bond motifs is 1. The molecule has 0 aliphatic carbocycles. The van der Waals surface area contributed by atoms with Crippen LogP contribution >= 0.6 is 0 Å². The van der Waals surface area contributed by atoms with Crippen LogP contribution in [-0.4, -0.2) is 18.5 Å². The van der Waals surface area contributed by atoms with E-state index < -0.39 is 0 Å².